The van der Waals surface area contributed by atoms with Crippen LogP contribution in [0, 0.1) is 0 Å². The highest BCUT2D eigenvalue weighted by atomic mass is 16.5. The van der Waals surface area contributed by atoms with E-state index in [9.17, 15) is 19.2 Å². The molecule has 2 saturated heterocycles. The summed E-state index contributed by atoms with van der Waals surface area (Å²) >= 11 is 0. The van der Waals surface area contributed by atoms with E-state index in [0.29, 0.717) is 69.2 Å². The summed E-state index contributed by atoms with van der Waals surface area (Å²) < 4.78 is 14.3. The number of imide groups is 1. The Labute approximate surface area is 372 Å². The molecule has 16 heteroatoms. The summed E-state index contributed by atoms with van der Waals surface area (Å²) in [6.45, 7) is 7.10. The van der Waals surface area contributed by atoms with Gasteiger partial charge in [-0.2, -0.15) is 0 Å². The molecule has 1 aliphatic carbocycles. The first kappa shape index (κ1) is 42.9. The van der Waals surface area contributed by atoms with Crippen molar-refractivity contribution < 1.29 is 28.7 Å². The van der Waals surface area contributed by atoms with Gasteiger partial charge in [-0.15, -0.1) is 0 Å². The number of para-hydroxylation sites is 1. The maximum atomic E-state index is 13.3. The molecule has 16 nitrogen and oxygen atoms in total. The van der Waals surface area contributed by atoms with Crippen LogP contribution in [0.4, 0.5) is 11.5 Å². The maximum absolute atomic E-state index is 13.3. The molecule has 1 unspecified atom stereocenters. The number of fused-ring (bicyclic) bond motifs is 2. The van der Waals surface area contributed by atoms with Gasteiger partial charge in [0.15, 0.2) is 0 Å². The van der Waals surface area contributed by atoms with Gasteiger partial charge in [0.2, 0.25) is 11.8 Å². The topological polar surface area (TPSA) is 189 Å². The number of ether oxygens (including phenoxy) is 2. The quantitative estimate of drug-likeness (QED) is 0.0762. The predicted molar refractivity (Wildman–Crippen MR) is 243 cm³/mol. The van der Waals surface area contributed by atoms with Crippen molar-refractivity contribution >= 4 is 46.2 Å². The molecule has 5 aromatic rings. The van der Waals surface area contributed by atoms with E-state index in [1.54, 1.807) is 24.5 Å². The summed E-state index contributed by atoms with van der Waals surface area (Å²) in [5.74, 6) is 0.506. The van der Waals surface area contributed by atoms with Crippen LogP contribution in [0.3, 0.4) is 0 Å². The van der Waals surface area contributed by atoms with Crippen LogP contribution in [0.25, 0.3) is 22.2 Å². The van der Waals surface area contributed by atoms with Crippen molar-refractivity contribution in [2.75, 3.05) is 76.6 Å². The van der Waals surface area contributed by atoms with Crippen LogP contribution in [-0.2, 0) is 14.3 Å². The molecule has 5 heterocycles. The van der Waals surface area contributed by atoms with Crippen molar-refractivity contribution in [1.82, 2.24) is 39.9 Å². The fraction of sp³-hybridized carbons (Fsp3) is 0.417. The molecule has 4 amide bonds. The molecule has 1 atom stereocenters. The van der Waals surface area contributed by atoms with Gasteiger partial charge in [0.25, 0.3) is 11.8 Å². The number of nitrogens with two attached hydrogens (primary N) is 1. The Morgan fingerprint density at radius 1 is 0.812 bits per heavy atom. The van der Waals surface area contributed by atoms with E-state index in [4.69, 9.17) is 20.2 Å². The molecule has 0 radical (unpaired) electrons. The Hall–Kier alpha value is -6.36. The molecule has 9 rings (SSSR count). The van der Waals surface area contributed by atoms with Crippen LogP contribution in [0.2, 0.25) is 0 Å². The molecule has 0 bridgehead atoms. The third-order valence-electron chi connectivity index (χ3n) is 13.1. The predicted octanol–water partition coefficient (Wildman–Crippen LogP) is 5.08. The van der Waals surface area contributed by atoms with Crippen molar-refractivity contribution in [3.63, 3.8) is 0 Å². The lowest BCUT2D eigenvalue weighted by Crippen LogP contribution is -2.52. The number of carbonyl (C=O) groups excluding carboxylic acids is 4. The summed E-state index contributed by atoms with van der Waals surface area (Å²) in [4.78, 5) is 66.7. The maximum Gasteiger partial charge on any atom is 0.264 e. The molecule has 5 N–H and O–H groups in total. The zero-order valence-electron chi connectivity index (χ0n) is 36.0. The van der Waals surface area contributed by atoms with Gasteiger partial charge >= 0.3 is 0 Å². The fourth-order valence-electron chi connectivity index (χ4n) is 9.66. The average molecular weight is 869 g/mol. The number of nitrogens with one attached hydrogen (secondary N) is 3. The van der Waals surface area contributed by atoms with Crippen LogP contribution >= 0.6 is 0 Å². The highest BCUT2D eigenvalue weighted by Gasteiger charge is 2.44. The van der Waals surface area contributed by atoms with Gasteiger partial charge in [-0.05, 0) is 86.9 Å². The normalized spacial score (nSPS) is 20.6. The molecule has 64 heavy (non-hydrogen) atoms. The molecule has 4 aliphatic rings. The minimum Gasteiger partial charge on any atom is -0.457 e. The number of hydrogen-bond acceptors (Lipinski definition) is 12. The third-order valence-corrected chi connectivity index (χ3v) is 13.1. The summed E-state index contributed by atoms with van der Waals surface area (Å²) in [7, 11) is 0. The van der Waals surface area contributed by atoms with Crippen LogP contribution in [0.1, 0.15) is 71.7 Å². The summed E-state index contributed by atoms with van der Waals surface area (Å²) in [6, 6.07) is 22.9. The number of carbonyl (C=O) groups is 4. The lowest BCUT2D eigenvalue weighted by atomic mass is 9.89. The number of anilines is 2. The number of benzene rings is 3. The fourth-order valence-corrected chi connectivity index (χ4v) is 9.66. The Balaban J connectivity index is 0.666. The van der Waals surface area contributed by atoms with Crippen LogP contribution in [0.5, 0.6) is 11.5 Å². The number of piperidine rings is 1. The number of rotatable bonds is 16. The number of nitrogen functional groups attached to an aromatic ring is 1. The molecule has 3 aliphatic heterocycles. The first-order valence-electron chi connectivity index (χ1n) is 22.6. The van der Waals surface area contributed by atoms with E-state index < -0.39 is 17.9 Å². The Morgan fingerprint density at radius 3 is 2.36 bits per heavy atom. The lowest BCUT2D eigenvalue weighted by Gasteiger charge is -2.42. The smallest absolute Gasteiger partial charge is 0.264 e. The van der Waals surface area contributed by atoms with Crippen molar-refractivity contribution in [2.24, 2.45) is 0 Å². The van der Waals surface area contributed by atoms with Crippen molar-refractivity contribution in [3.8, 4) is 22.6 Å². The lowest BCUT2D eigenvalue weighted by molar-refractivity contribution is -0.126. The Kier molecular flexibility index (Phi) is 13.1. The minimum atomic E-state index is -0.822. The van der Waals surface area contributed by atoms with Crippen molar-refractivity contribution in [2.45, 2.75) is 63.1 Å². The van der Waals surface area contributed by atoms with Gasteiger partial charge in [-0.3, -0.25) is 33.9 Å². The molecular weight excluding hydrogens is 813 g/mol. The van der Waals surface area contributed by atoms with E-state index in [1.807, 2.05) is 42.5 Å². The van der Waals surface area contributed by atoms with Crippen LogP contribution in [-0.4, -0.2) is 131 Å². The second-order valence-electron chi connectivity index (χ2n) is 17.0. The van der Waals surface area contributed by atoms with Gasteiger partial charge in [-0.1, -0.05) is 36.4 Å². The summed E-state index contributed by atoms with van der Waals surface area (Å²) in [6.07, 6.45) is 10.00. The molecule has 0 spiro atoms. The minimum absolute atomic E-state index is 0.0607. The van der Waals surface area contributed by atoms with E-state index in [1.165, 1.54) is 0 Å². The first-order valence-corrected chi connectivity index (χ1v) is 22.6. The largest absolute Gasteiger partial charge is 0.457 e. The van der Waals surface area contributed by atoms with Crippen LogP contribution in [0.15, 0.2) is 85.3 Å². The molecule has 2 aromatic heterocycles. The summed E-state index contributed by atoms with van der Waals surface area (Å²) in [5.41, 5.74) is 10.3. The molecule has 334 valence electrons. The van der Waals surface area contributed by atoms with Gasteiger partial charge in [0.05, 0.1) is 29.7 Å². The number of nitrogens with zero attached hydrogens (tertiary/aromatic N) is 6. The number of hydrogen-bond donors (Lipinski definition) is 4. The van der Waals surface area contributed by atoms with Gasteiger partial charge in [-0.25, -0.2) is 9.97 Å². The SMILES string of the molecule is Nc1ncnc2c1c(-c1ccc(Oc3ccccc3)cc1)cn2[C@H]1CC[C@H](N2CCN(CCOCCCNC(=O)CNc3cccc4c3C(=O)N(C3CCCNC3=O)C4=O)CC2)CC1. The molecular formula is C48H56N10O6. The highest BCUT2D eigenvalue weighted by molar-refractivity contribution is 6.25. The molecule has 3 aromatic carbocycles. The van der Waals surface area contributed by atoms with E-state index in [-0.39, 0.29) is 29.5 Å². The standard InChI is InChI=1S/C48H56N10O6/c49-44-43-38(32-12-18-36(19-13-32)64-35-7-2-1-3-8-35)30-57(45(43)54-31-53-44)34-16-14-33(15-17-34)56-24-22-55(23-25-56)26-28-63-27-6-21-50-41(59)29-52-39-10-4-9-37-42(39)48(62)58(47(37)61)40-11-5-20-51-46(40)60/h1-4,7-10,12-13,18-19,30-31,33-34,40,52H,5-6,11,14-17,20-29H2,(H,50,59)(H,51,60)(H2,49,53,54)/t33-,34-,40?. The molecule has 1 saturated carbocycles. The number of piperazine rings is 1. The number of aromatic nitrogens is 3. The zero-order chi connectivity index (χ0) is 44.0. The second-order valence-corrected chi connectivity index (χ2v) is 17.0. The second kappa shape index (κ2) is 19.6. The van der Waals surface area contributed by atoms with Gasteiger partial charge < -0.3 is 35.7 Å². The number of amides is 4. The average Bonchev–Trinajstić information content (AvgIpc) is 3.84. The van der Waals surface area contributed by atoms with E-state index in [0.717, 1.165) is 97.0 Å². The van der Waals surface area contributed by atoms with Crippen molar-refractivity contribution in [3.05, 3.63) is 96.4 Å². The summed E-state index contributed by atoms with van der Waals surface area (Å²) in [5, 5.41) is 9.54. The Bertz CT molecular complexity index is 2460. The van der Waals surface area contributed by atoms with Crippen LogP contribution < -0.4 is 26.4 Å². The van der Waals surface area contributed by atoms with Gasteiger partial charge in [0, 0.05) is 82.0 Å². The van der Waals surface area contributed by atoms with Gasteiger partial charge in [0.1, 0.15) is 35.3 Å². The Morgan fingerprint density at radius 2 is 1.58 bits per heavy atom. The zero-order valence-corrected chi connectivity index (χ0v) is 36.0. The molecule has 3 fully saturated rings. The first-order chi connectivity index (χ1) is 31.3. The van der Waals surface area contributed by atoms with E-state index >= 15 is 0 Å². The monoisotopic (exact) mass is 868 g/mol. The highest BCUT2D eigenvalue weighted by Crippen LogP contribution is 2.40. The third kappa shape index (κ3) is 9.30. The van der Waals surface area contributed by atoms with Crippen molar-refractivity contribution in [1.29, 1.82) is 0 Å². The van der Waals surface area contributed by atoms with E-state index in [2.05, 4.69) is 53.6 Å².